The van der Waals surface area contributed by atoms with E-state index in [0.29, 0.717) is 23.0 Å². The molecule has 3 heterocycles. The van der Waals surface area contributed by atoms with E-state index in [1.54, 1.807) is 0 Å². The first kappa shape index (κ1) is 20.8. The molecule has 2 aliphatic heterocycles. The minimum atomic E-state index is 0.208. The Hall–Kier alpha value is -3.12. The molecular weight excluding hydrogens is 416 g/mol. The third kappa shape index (κ3) is 3.79. The summed E-state index contributed by atoms with van der Waals surface area (Å²) >= 11 is 1.53. The zero-order chi connectivity index (χ0) is 22.2. The number of benzene rings is 2. The highest BCUT2D eigenvalue weighted by Gasteiger charge is 2.32. The smallest absolute Gasteiger partial charge is 0.139 e. The molecule has 0 radical (unpaired) electrons. The van der Waals surface area contributed by atoms with Crippen LogP contribution in [-0.4, -0.2) is 35.6 Å². The predicted molar refractivity (Wildman–Crippen MR) is 134 cm³/mol. The Bertz CT molecular complexity index is 1170. The van der Waals surface area contributed by atoms with Gasteiger partial charge in [0.15, 0.2) is 0 Å². The third-order valence-corrected chi connectivity index (χ3v) is 7.31. The number of thiazole rings is 1. The maximum Gasteiger partial charge on any atom is 0.139 e. The van der Waals surface area contributed by atoms with E-state index in [2.05, 4.69) is 60.4 Å². The average molecular weight is 445 g/mol. The molecule has 0 saturated carbocycles. The zero-order valence-corrected chi connectivity index (χ0v) is 19.4. The molecule has 1 fully saturated rings. The van der Waals surface area contributed by atoms with E-state index in [-0.39, 0.29) is 5.76 Å². The normalized spacial score (nSPS) is 16.9. The minimum Gasteiger partial charge on any atom is -0.510 e. The molecular formula is C26H28N4OS. The van der Waals surface area contributed by atoms with Crippen LogP contribution in [0, 0.1) is 19.3 Å². The molecule has 2 N–H and O–H groups in total. The number of aliphatic hydroxyl groups is 1. The Morgan fingerprint density at radius 2 is 1.56 bits per heavy atom. The fourth-order valence-electron chi connectivity index (χ4n) is 4.50. The monoisotopic (exact) mass is 444 g/mol. The lowest BCUT2D eigenvalue weighted by Crippen LogP contribution is -2.29. The Morgan fingerprint density at radius 3 is 2.25 bits per heavy atom. The number of hydrogen-bond donors (Lipinski definition) is 2. The van der Waals surface area contributed by atoms with Gasteiger partial charge in [-0.15, -0.1) is 11.3 Å². The van der Waals surface area contributed by atoms with Crippen LogP contribution in [0.1, 0.15) is 34.7 Å². The number of piperidine rings is 1. The van der Waals surface area contributed by atoms with Crippen LogP contribution in [0.2, 0.25) is 0 Å². The highest BCUT2D eigenvalue weighted by Crippen LogP contribution is 2.37. The molecule has 0 bridgehead atoms. The summed E-state index contributed by atoms with van der Waals surface area (Å²) in [5.41, 5.74) is 5.88. The molecule has 164 valence electrons. The largest absolute Gasteiger partial charge is 0.510 e. The summed E-state index contributed by atoms with van der Waals surface area (Å²) < 4.78 is 0. The number of rotatable bonds is 4. The topological polar surface area (TPSA) is 63.5 Å². The SMILES string of the molecule is Cc1ccc(-c2nc(C3=C(O)CN(c4ccc(N5CCCCC5)cc4)C3=N)sc2C)cc1. The van der Waals surface area contributed by atoms with E-state index in [9.17, 15) is 5.11 Å². The second-order valence-corrected chi connectivity index (χ2v) is 9.81. The number of nitrogens with zero attached hydrogens (tertiary/aromatic N) is 3. The molecule has 0 unspecified atom stereocenters. The van der Waals surface area contributed by atoms with Crippen molar-refractivity contribution in [1.29, 1.82) is 5.41 Å². The van der Waals surface area contributed by atoms with Gasteiger partial charge in [-0.1, -0.05) is 29.8 Å². The van der Waals surface area contributed by atoms with Gasteiger partial charge in [0, 0.05) is 34.9 Å². The number of aliphatic hydroxyl groups excluding tert-OH is 1. The number of aromatic nitrogens is 1. The molecule has 2 aliphatic rings. The Morgan fingerprint density at radius 1 is 0.906 bits per heavy atom. The van der Waals surface area contributed by atoms with Crippen molar-refractivity contribution in [2.24, 2.45) is 0 Å². The van der Waals surface area contributed by atoms with Crippen LogP contribution in [0.25, 0.3) is 16.8 Å². The van der Waals surface area contributed by atoms with Crippen molar-refractivity contribution in [3.63, 3.8) is 0 Å². The van der Waals surface area contributed by atoms with E-state index in [4.69, 9.17) is 10.4 Å². The highest BCUT2D eigenvalue weighted by atomic mass is 32.1. The van der Waals surface area contributed by atoms with Crippen LogP contribution in [-0.2, 0) is 0 Å². The Balaban J connectivity index is 1.38. The van der Waals surface area contributed by atoms with Gasteiger partial charge in [0.1, 0.15) is 16.6 Å². The van der Waals surface area contributed by atoms with Gasteiger partial charge in [0.2, 0.25) is 0 Å². The van der Waals surface area contributed by atoms with Crippen molar-refractivity contribution < 1.29 is 5.11 Å². The van der Waals surface area contributed by atoms with E-state index in [1.807, 2.05) is 11.8 Å². The fraction of sp³-hybridized carbons (Fsp3) is 0.308. The molecule has 32 heavy (non-hydrogen) atoms. The summed E-state index contributed by atoms with van der Waals surface area (Å²) in [6.45, 7) is 6.63. The summed E-state index contributed by atoms with van der Waals surface area (Å²) in [6, 6.07) is 16.7. The lowest BCUT2D eigenvalue weighted by molar-refractivity contribution is 0.411. The van der Waals surface area contributed by atoms with Gasteiger partial charge in [0.05, 0.1) is 17.8 Å². The molecule has 2 aromatic carbocycles. The number of aryl methyl sites for hydroxylation is 2. The lowest BCUT2D eigenvalue weighted by Gasteiger charge is -2.29. The maximum absolute atomic E-state index is 10.8. The third-order valence-electron chi connectivity index (χ3n) is 6.32. The van der Waals surface area contributed by atoms with E-state index >= 15 is 0 Å². The van der Waals surface area contributed by atoms with Gasteiger partial charge in [-0.05, 0) is 57.4 Å². The molecule has 5 rings (SSSR count). The number of nitrogens with one attached hydrogen (secondary N) is 1. The predicted octanol–water partition coefficient (Wildman–Crippen LogP) is 6.18. The fourth-order valence-corrected chi connectivity index (χ4v) is 5.51. The van der Waals surface area contributed by atoms with Crippen LogP contribution in [0.5, 0.6) is 0 Å². The molecule has 1 aromatic heterocycles. The second-order valence-electron chi connectivity index (χ2n) is 8.61. The second kappa shape index (κ2) is 8.43. The zero-order valence-electron chi connectivity index (χ0n) is 18.6. The van der Waals surface area contributed by atoms with Gasteiger partial charge in [-0.2, -0.15) is 0 Å². The molecule has 6 heteroatoms. The first-order valence-corrected chi connectivity index (χ1v) is 12.0. The van der Waals surface area contributed by atoms with E-state index < -0.39 is 0 Å². The van der Waals surface area contributed by atoms with Gasteiger partial charge in [-0.3, -0.25) is 5.41 Å². The molecule has 0 amide bonds. The van der Waals surface area contributed by atoms with Crippen molar-refractivity contribution >= 4 is 34.1 Å². The van der Waals surface area contributed by atoms with Crippen LogP contribution in [0.3, 0.4) is 0 Å². The summed E-state index contributed by atoms with van der Waals surface area (Å²) in [5.74, 6) is 0.511. The minimum absolute atomic E-state index is 0.208. The van der Waals surface area contributed by atoms with Gasteiger partial charge in [0.25, 0.3) is 0 Å². The molecule has 1 saturated heterocycles. The van der Waals surface area contributed by atoms with Crippen molar-refractivity contribution in [2.45, 2.75) is 33.1 Å². The maximum atomic E-state index is 10.8. The number of hydrogen-bond acceptors (Lipinski definition) is 5. The first-order chi connectivity index (χ1) is 15.5. The van der Waals surface area contributed by atoms with Gasteiger partial charge in [-0.25, -0.2) is 4.98 Å². The molecule has 5 nitrogen and oxygen atoms in total. The van der Waals surface area contributed by atoms with Crippen molar-refractivity contribution in [3.8, 4) is 11.3 Å². The van der Waals surface area contributed by atoms with Crippen LogP contribution in [0.15, 0.2) is 54.3 Å². The quantitative estimate of drug-likeness (QED) is 0.504. The van der Waals surface area contributed by atoms with Crippen LogP contribution >= 0.6 is 11.3 Å². The first-order valence-electron chi connectivity index (χ1n) is 11.2. The lowest BCUT2D eigenvalue weighted by atomic mass is 10.1. The van der Waals surface area contributed by atoms with Crippen molar-refractivity contribution in [2.75, 3.05) is 29.4 Å². The van der Waals surface area contributed by atoms with Crippen molar-refractivity contribution in [1.82, 2.24) is 4.98 Å². The standard InChI is InChI=1S/C26H28N4OS/c1-17-6-8-19(9-7-17)24-18(2)32-26(28-24)23-22(31)16-30(25(23)27)21-12-10-20(11-13-21)29-14-4-3-5-15-29/h6-13,27,31H,3-5,14-16H2,1-2H3. The Labute approximate surface area is 193 Å². The van der Waals surface area contributed by atoms with E-state index in [1.165, 1.54) is 41.9 Å². The molecule has 0 aliphatic carbocycles. The van der Waals surface area contributed by atoms with Crippen LogP contribution in [0.4, 0.5) is 11.4 Å². The number of anilines is 2. The van der Waals surface area contributed by atoms with E-state index in [0.717, 1.165) is 34.9 Å². The Kier molecular flexibility index (Phi) is 5.47. The van der Waals surface area contributed by atoms with Crippen LogP contribution < -0.4 is 9.80 Å². The molecule has 3 aromatic rings. The summed E-state index contributed by atoms with van der Waals surface area (Å²) in [4.78, 5) is 10.2. The summed E-state index contributed by atoms with van der Waals surface area (Å²) in [6.07, 6.45) is 3.81. The highest BCUT2D eigenvalue weighted by molar-refractivity contribution is 7.13. The summed E-state index contributed by atoms with van der Waals surface area (Å²) in [7, 11) is 0. The average Bonchev–Trinajstić information content (AvgIpc) is 3.33. The number of amidine groups is 1. The van der Waals surface area contributed by atoms with Gasteiger partial charge < -0.3 is 14.9 Å². The summed E-state index contributed by atoms with van der Waals surface area (Å²) in [5, 5.41) is 20.3. The molecule has 0 spiro atoms. The van der Waals surface area contributed by atoms with Gasteiger partial charge >= 0.3 is 0 Å². The molecule has 0 atom stereocenters. The van der Waals surface area contributed by atoms with Crippen molar-refractivity contribution in [3.05, 3.63) is 69.7 Å².